The lowest BCUT2D eigenvalue weighted by Crippen LogP contribution is -2.46. The van der Waals surface area contributed by atoms with E-state index in [9.17, 15) is 19.0 Å². The van der Waals surface area contributed by atoms with Gasteiger partial charge < -0.3 is 25.0 Å². The monoisotopic (exact) mass is 405 g/mol. The summed E-state index contributed by atoms with van der Waals surface area (Å²) < 4.78 is 38.2. The Morgan fingerprint density at radius 1 is 0.828 bits per heavy atom. The van der Waals surface area contributed by atoms with Crippen molar-refractivity contribution < 1.29 is 28.5 Å². The van der Waals surface area contributed by atoms with E-state index in [1.807, 2.05) is 0 Å². The van der Waals surface area contributed by atoms with E-state index in [1.54, 1.807) is 12.1 Å². The molecule has 2 aliphatic rings. The molecule has 7 heteroatoms. The van der Waals surface area contributed by atoms with Crippen LogP contribution in [0, 0.1) is 11.6 Å². The summed E-state index contributed by atoms with van der Waals surface area (Å²) in [4.78, 5) is 0. The van der Waals surface area contributed by atoms with Crippen molar-refractivity contribution >= 4 is 0 Å². The van der Waals surface area contributed by atoms with Crippen LogP contribution in [-0.4, -0.2) is 47.7 Å². The molecule has 0 fully saturated rings. The van der Waals surface area contributed by atoms with E-state index >= 15 is 0 Å². The van der Waals surface area contributed by atoms with Crippen LogP contribution in [0.2, 0.25) is 0 Å². The van der Waals surface area contributed by atoms with Crippen molar-refractivity contribution in [3.8, 4) is 11.5 Å². The van der Waals surface area contributed by atoms with E-state index in [0.29, 0.717) is 37.2 Å². The predicted molar refractivity (Wildman–Crippen MR) is 103 cm³/mol. The Morgan fingerprint density at radius 2 is 1.28 bits per heavy atom. The van der Waals surface area contributed by atoms with Gasteiger partial charge in [-0.25, -0.2) is 8.78 Å². The number of ether oxygens (including phenoxy) is 2. The Hall–Kier alpha value is -2.22. The molecular weight excluding hydrogens is 380 g/mol. The highest BCUT2D eigenvalue weighted by Crippen LogP contribution is 2.30. The Morgan fingerprint density at radius 3 is 1.72 bits per heavy atom. The largest absolute Gasteiger partial charge is 0.487 e. The zero-order valence-corrected chi connectivity index (χ0v) is 16.0. The average molecular weight is 405 g/mol. The predicted octanol–water partition coefficient (Wildman–Crippen LogP) is 2.36. The van der Waals surface area contributed by atoms with Crippen LogP contribution < -0.4 is 14.8 Å². The minimum Gasteiger partial charge on any atom is -0.487 e. The summed E-state index contributed by atoms with van der Waals surface area (Å²) >= 11 is 0. The SMILES string of the molecule is O[C@H](CNC[C@H](O)[C@@H]1CCc2cc(F)ccc2O1)[C@@H]1CCc2cc(F)ccc2O1. The molecule has 0 radical (unpaired) electrons. The van der Waals surface area contributed by atoms with Crippen LogP contribution in [0.25, 0.3) is 0 Å². The number of hydrogen-bond acceptors (Lipinski definition) is 5. The summed E-state index contributed by atoms with van der Waals surface area (Å²) in [5, 5.41) is 23.9. The Kier molecular flexibility index (Phi) is 5.99. The molecule has 0 saturated heterocycles. The number of fused-ring (bicyclic) bond motifs is 2. The fourth-order valence-electron chi connectivity index (χ4n) is 3.94. The molecule has 2 aliphatic heterocycles. The second kappa shape index (κ2) is 8.65. The third-order valence-electron chi connectivity index (χ3n) is 5.56. The molecular formula is C22H25F2NO4. The molecule has 0 amide bonds. The first-order valence-electron chi connectivity index (χ1n) is 9.96. The van der Waals surface area contributed by atoms with Crippen molar-refractivity contribution in [2.75, 3.05) is 13.1 Å². The number of hydrogen-bond donors (Lipinski definition) is 3. The van der Waals surface area contributed by atoms with Gasteiger partial charge in [-0.2, -0.15) is 0 Å². The third-order valence-corrected chi connectivity index (χ3v) is 5.56. The Labute approximate surface area is 168 Å². The molecule has 0 aliphatic carbocycles. The van der Waals surface area contributed by atoms with Crippen molar-refractivity contribution in [2.24, 2.45) is 0 Å². The smallest absolute Gasteiger partial charge is 0.126 e. The molecule has 0 unspecified atom stereocenters. The van der Waals surface area contributed by atoms with Gasteiger partial charge in [0.05, 0.1) is 0 Å². The molecule has 156 valence electrons. The van der Waals surface area contributed by atoms with Gasteiger partial charge in [0.1, 0.15) is 47.5 Å². The van der Waals surface area contributed by atoms with Crippen LogP contribution in [0.4, 0.5) is 8.78 Å². The summed E-state index contributed by atoms with van der Waals surface area (Å²) in [6, 6.07) is 8.79. The van der Waals surface area contributed by atoms with Crippen molar-refractivity contribution in [3.05, 3.63) is 59.2 Å². The first kappa shape index (κ1) is 20.1. The molecule has 0 spiro atoms. The van der Waals surface area contributed by atoms with Crippen LogP contribution in [-0.2, 0) is 12.8 Å². The molecule has 4 atom stereocenters. The van der Waals surface area contributed by atoms with Crippen LogP contribution in [0.3, 0.4) is 0 Å². The van der Waals surface area contributed by atoms with E-state index < -0.39 is 12.2 Å². The molecule has 5 nitrogen and oxygen atoms in total. The van der Waals surface area contributed by atoms with Gasteiger partial charge in [-0.05, 0) is 73.2 Å². The van der Waals surface area contributed by atoms with Crippen molar-refractivity contribution in [3.63, 3.8) is 0 Å². The number of aryl methyl sites for hydroxylation is 2. The lowest BCUT2D eigenvalue weighted by Gasteiger charge is -2.31. The quantitative estimate of drug-likeness (QED) is 0.688. The number of aliphatic hydroxyl groups excluding tert-OH is 2. The van der Waals surface area contributed by atoms with Gasteiger partial charge in [0.2, 0.25) is 0 Å². The van der Waals surface area contributed by atoms with E-state index in [2.05, 4.69) is 5.32 Å². The molecule has 2 aromatic rings. The lowest BCUT2D eigenvalue weighted by molar-refractivity contribution is 0.00892. The molecule has 3 N–H and O–H groups in total. The highest BCUT2D eigenvalue weighted by atomic mass is 19.1. The highest BCUT2D eigenvalue weighted by molar-refractivity contribution is 5.36. The Balaban J connectivity index is 1.24. The number of aliphatic hydroxyl groups is 2. The number of nitrogens with one attached hydrogen (secondary N) is 1. The Bertz CT molecular complexity index is 793. The first-order chi connectivity index (χ1) is 14.0. The van der Waals surface area contributed by atoms with Crippen molar-refractivity contribution in [2.45, 2.75) is 50.1 Å². The normalized spacial score (nSPS) is 22.6. The van der Waals surface area contributed by atoms with Gasteiger partial charge in [0, 0.05) is 13.1 Å². The number of rotatable bonds is 6. The number of benzene rings is 2. The maximum Gasteiger partial charge on any atom is 0.126 e. The second-order valence-electron chi connectivity index (χ2n) is 7.69. The summed E-state index contributed by atoms with van der Waals surface area (Å²) in [5.74, 6) is 0.624. The maximum atomic E-state index is 13.3. The van der Waals surface area contributed by atoms with Crippen LogP contribution in [0.15, 0.2) is 36.4 Å². The molecule has 4 rings (SSSR count). The summed E-state index contributed by atoms with van der Waals surface area (Å²) in [7, 11) is 0. The fourth-order valence-corrected chi connectivity index (χ4v) is 3.94. The molecule has 0 saturated carbocycles. The zero-order chi connectivity index (χ0) is 20.4. The van der Waals surface area contributed by atoms with Gasteiger partial charge in [0.25, 0.3) is 0 Å². The van der Waals surface area contributed by atoms with E-state index in [1.165, 1.54) is 24.3 Å². The van der Waals surface area contributed by atoms with Crippen LogP contribution in [0.1, 0.15) is 24.0 Å². The number of halogens is 2. The molecule has 29 heavy (non-hydrogen) atoms. The average Bonchev–Trinajstić information content (AvgIpc) is 2.72. The molecule has 2 aromatic carbocycles. The summed E-state index contributed by atoms with van der Waals surface area (Å²) in [6.07, 6.45) is 0.214. The van der Waals surface area contributed by atoms with E-state index in [4.69, 9.17) is 9.47 Å². The van der Waals surface area contributed by atoms with Gasteiger partial charge in [-0.3, -0.25) is 0 Å². The third kappa shape index (κ3) is 4.69. The lowest BCUT2D eigenvalue weighted by atomic mass is 9.98. The summed E-state index contributed by atoms with van der Waals surface area (Å²) in [5.41, 5.74) is 1.62. The standard InChI is InChI=1S/C22H25F2NO4/c23-15-3-7-19-13(9-15)1-5-21(28-19)17(26)11-25-12-18(27)22-6-2-14-10-16(24)4-8-20(14)29-22/h3-4,7-10,17-18,21-22,25-27H,1-2,5-6,11-12H2/t17-,18+,21-,22-/m0/s1. The van der Waals surface area contributed by atoms with Crippen LogP contribution >= 0.6 is 0 Å². The topological polar surface area (TPSA) is 71.0 Å². The first-order valence-corrected chi connectivity index (χ1v) is 9.96. The van der Waals surface area contributed by atoms with Gasteiger partial charge in [-0.15, -0.1) is 0 Å². The molecule has 0 bridgehead atoms. The van der Waals surface area contributed by atoms with Gasteiger partial charge in [-0.1, -0.05) is 0 Å². The second-order valence-corrected chi connectivity index (χ2v) is 7.69. The fraction of sp³-hybridized carbons (Fsp3) is 0.455. The minimum atomic E-state index is -0.753. The minimum absolute atomic E-state index is 0.257. The van der Waals surface area contributed by atoms with Crippen LogP contribution in [0.5, 0.6) is 11.5 Å². The van der Waals surface area contributed by atoms with Gasteiger partial charge >= 0.3 is 0 Å². The molecule has 2 heterocycles. The van der Waals surface area contributed by atoms with Crippen molar-refractivity contribution in [1.29, 1.82) is 0 Å². The van der Waals surface area contributed by atoms with Gasteiger partial charge in [0.15, 0.2) is 0 Å². The van der Waals surface area contributed by atoms with E-state index in [-0.39, 0.29) is 36.9 Å². The van der Waals surface area contributed by atoms with Crippen molar-refractivity contribution in [1.82, 2.24) is 5.32 Å². The zero-order valence-electron chi connectivity index (χ0n) is 16.0. The molecule has 0 aromatic heterocycles. The highest BCUT2D eigenvalue weighted by Gasteiger charge is 2.29. The van der Waals surface area contributed by atoms with E-state index in [0.717, 1.165) is 11.1 Å². The summed E-state index contributed by atoms with van der Waals surface area (Å²) in [6.45, 7) is 0.513. The maximum absolute atomic E-state index is 13.3.